The van der Waals surface area contributed by atoms with Crippen molar-refractivity contribution in [1.29, 1.82) is 0 Å². The zero-order valence-electron chi connectivity index (χ0n) is 10.1. The molecule has 17 heavy (non-hydrogen) atoms. The largest absolute Gasteiger partial charge is 0.467 e. The molecule has 1 heterocycles. The summed E-state index contributed by atoms with van der Waals surface area (Å²) in [6.45, 7) is 2.27. The van der Waals surface area contributed by atoms with Crippen molar-refractivity contribution >= 4 is 17.5 Å². The van der Waals surface area contributed by atoms with Gasteiger partial charge < -0.3 is 10.1 Å². The molecule has 1 aromatic heterocycles. The van der Waals surface area contributed by atoms with Gasteiger partial charge in [-0.2, -0.15) is 15.0 Å². The highest BCUT2D eigenvalue weighted by atomic mass is 35.5. The average molecular weight is 257 g/mol. The van der Waals surface area contributed by atoms with Crippen LogP contribution in [0.1, 0.15) is 32.6 Å². The zero-order valence-corrected chi connectivity index (χ0v) is 10.9. The summed E-state index contributed by atoms with van der Waals surface area (Å²) in [4.78, 5) is 12.0. The Labute approximate surface area is 106 Å². The molecule has 0 amide bonds. The van der Waals surface area contributed by atoms with E-state index in [2.05, 4.69) is 27.2 Å². The van der Waals surface area contributed by atoms with Gasteiger partial charge in [-0.3, -0.25) is 0 Å². The van der Waals surface area contributed by atoms with E-state index in [0.717, 1.165) is 18.8 Å². The van der Waals surface area contributed by atoms with Crippen molar-refractivity contribution in [2.75, 3.05) is 12.4 Å². The standard InChI is InChI=1S/C11H17ClN4O/c1-7-4-3-5-8(6-7)13-10-14-9(12)15-11(16-10)17-2/h7-8H,3-6H2,1-2H3,(H,13,14,15,16). The molecule has 0 saturated heterocycles. The number of aromatic nitrogens is 3. The summed E-state index contributed by atoms with van der Waals surface area (Å²) in [5.74, 6) is 1.25. The van der Waals surface area contributed by atoms with Crippen LogP contribution in [-0.2, 0) is 0 Å². The van der Waals surface area contributed by atoms with Gasteiger partial charge in [0.2, 0.25) is 11.2 Å². The van der Waals surface area contributed by atoms with E-state index in [-0.39, 0.29) is 11.3 Å². The van der Waals surface area contributed by atoms with Crippen molar-refractivity contribution in [3.8, 4) is 6.01 Å². The fraction of sp³-hybridized carbons (Fsp3) is 0.727. The van der Waals surface area contributed by atoms with Crippen molar-refractivity contribution in [2.24, 2.45) is 5.92 Å². The minimum absolute atomic E-state index is 0.156. The molecule has 0 radical (unpaired) electrons. The number of halogens is 1. The molecule has 0 bridgehead atoms. The van der Waals surface area contributed by atoms with Crippen LogP contribution in [-0.4, -0.2) is 28.1 Å². The topological polar surface area (TPSA) is 59.9 Å². The summed E-state index contributed by atoms with van der Waals surface area (Å²) in [5.41, 5.74) is 0. The van der Waals surface area contributed by atoms with Crippen LogP contribution in [0.5, 0.6) is 6.01 Å². The molecule has 0 spiro atoms. The predicted octanol–water partition coefficient (Wildman–Crippen LogP) is 2.52. The molecule has 2 unspecified atom stereocenters. The number of methoxy groups -OCH3 is 1. The Kier molecular flexibility index (Phi) is 3.99. The lowest BCUT2D eigenvalue weighted by atomic mass is 9.87. The monoisotopic (exact) mass is 256 g/mol. The lowest BCUT2D eigenvalue weighted by Gasteiger charge is -2.27. The maximum absolute atomic E-state index is 5.79. The Hall–Kier alpha value is -1.10. The van der Waals surface area contributed by atoms with Crippen molar-refractivity contribution in [3.63, 3.8) is 0 Å². The van der Waals surface area contributed by atoms with Gasteiger partial charge in [0, 0.05) is 6.04 Å². The van der Waals surface area contributed by atoms with Crippen molar-refractivity contribution in [2.45, 2.75) is 38.6 Å². The molecule has 94 valence electrons. The highest BCUT2D eigenvalue weighted by molar-refractivity contribution is 6.28. The molecule has 1 fully saturated rings. The first-order chi connectivity index (χ1) is 8.17. The van der Waals surface area contributed by atoms with Gasteiger partial charge in [-0.05, 0) is 30.4 Å². The quantitative estimate of drug-likeness (QED) is 0.901. The fourth-order valence-corrected chi connectivity index (χ4v) is 2.39. The van der Waals surface area contributed by atoms with E-state index in [4.69, 9.17) is 16.3 Å². The fourth-order valence-electron chi connectivity index (χ4n) is 2.24. The van der Waals surface area contributed by atoms with Crippen LogP contribution in [0.4, 0.5) is 5.95 Å². The maximum Gasteiger partial charge on any atom is 0.322 e. The Morgan fingerprint density at radius 3 is 2.82 bits per heavy atom. The first kappa shape index (κ1) is 12.4. The molecule has 1 aliphatic carbocycles. The number of hydrogen-bond acceptors (Lipinski definition) is 5. The Balaban J connectivity index is 2.04. The molecular weight excluding hydrogens is 240 g/mol. The Morgan fingerprint density at radius 1 is 1.29 bits per heavy atom. The van der Waals surface area contributed by atoms with E-state index in [9.17, 15) is 0 Å². The summed E-state index contributed by atoms with van der Waals surface area (Å²) >= 11 is 5.79. The number of rotatable bonds is 3. The number of anilines is 1. The number of ether oxygens (including phenoxy) is 1. The molecule has 1 saturated carbocycles. The number of nitrogens with one attached hydrogen (secondary N) is 1. The molecule has 2 rings (SSSR count). The predicted molar refractivity (Wildman–Crippen MR) is 66.4 cm³/mol. The Morgan fingerprint density at radius 2 is 2.12 bits per heavy atom. The lowest BCUT2D eigenvalue weighted by Crippen LogP contribution is -2.27. The van der Waals surface area contributed by atoms with Gasteiger partial charge in [0.15, 0.2) is 0 Å². The minimum atomic E-state index is 0.156. The van der Waals surface area contributed by atoms with Gasteiger partial charge in [0.1, 0.15) is 0 Å². The summed E-state index contributed by atoms with van der Waals surface area (Å²) in [7, 11) is 1.51. The third-order valence-electron chi connectivity index (χ3n) is 3.04. The second kappa shape index (κ2) is 5.49. The van der Waals surface area contributed by atoms with Crippen LogP contribution in [0.15, 0.2) is 0 Å². The van der Waals surface area contributed by atoms with Crippen LogP contribution < -0.4 is 10.1 Å². The molecule has 5 nitrogen and oxygen atoms in total. The van der Waals surface area contributed by atoms with Crippen LogP contribution in [0.3, 0.4) is 0 Å². The molecule has 1 aliphatic rings. The lowest BCUT2D eigenvalue weighted by molar-refractivity contribution is 0.355. The van der Waals surface area contributed by atoms with Crippen LogP contribution in [0.25, 0.3) is 0 Å². The van der Waals surface area contributed by atoms with E-state index in [1.54, 1.807) is 0 Å². The van der Waals surface area contributed by atoms with Gasteiger partial charge in [-0.25, -0.2) is 0 Å². The van der Waals surface area contributed by atoms with E-state index in [1.807, 2.05) is 0 Å². The molecular formula is C11H17ClN4O. The summed E-state index contributed by atoms with van der Waals surface area (Å²) < 4.78 is 4.96. The SMILES string of the molecule is COc1nc(Cl)nc(NC2CCCC(C)C2)n1. The smallest absolute Gasteiger partial charge is 0.322 e. The molecule has 0 aromatic carbocycles. The number of hydrogen-bond donors (Lipinski definition) is 1. The average Bonchev–Trinajstić information content (AvgIpc) is 2.28. The van der Waals surface area contributed by atoms with Crippen molar-refractivity contribution in [3.05, 3.63) is 5.28 Å². The minimum Gasteiger partial charge on any atom is -0.467 e. The highest BCUT2D eigenvalue weighted by Gasteiger charge is 2.19. The third kappa shape index (κ3) is 3.43. The first-order valence-corrected chi connectivity index (χ1v) is 6.27. The second-order valence-corrected chi connectivity index (χ2v) is 4.87. The summed E-state index contributed by atoms with van der Waals surface area (Å²) in [6, 6.07) is 0.665. The van der Waals surface area contributed by atoms with Gasteiger partial charge in [-0.1, -0.05) is 19.8 Å². The Bertz CT molecular complexity index is 388. The van der Waals surface area contributed by atoms with Crippen LogP contribution in [0, 0.1) is 5.92 Å². The van der Waals surface area contributed by atoms with Gasteiger partial charge in [0.05, 0.1) is 7.11 Å². The van der Waals surface area contributed by atoms with Crippen molar-refractivity contribution < 1.29 is 4.74 Å². The van der Waals surface area contributed by atoms with E-state index >= 15 is 0 Å². The van der Waals surface area contributed by atoms with Gasteiger partial charge in [-0.15, -0.1) is 0 Å². The van der Waals surface area contributed by atoms with E-state index < -0.39 is 0 Å². The number of nitrogens with zero attached hydrogens (tertiary/aromatic N) is 3. The second-order valence-electron chi connectivity index (χ2n) is 4.53. The first-order valence-electron chi connectivity index (χ1n) is 5.89. The summed E-state index contributed by atoms with van der Waals surface area (Å²) in [6.07, 6.45) is 4.84. The molecule has 1 aromatic rings. The van der Waals surface area contributed by atoms with Crippen LogP contribution >= 0.6 is 11.6 Å². The van der Waals surface area contributed by atoms with E-state index in [0.29, 0.717) is 12.0 Å². The highest BCUT2D eigenvalue weighted by Crippen LogP contribution is 2.25. The summed E-state index contributed by atoms with van der Waals surface area (Å²) in [5, 5.41) is 3.46. The van der Waals surface area contributed by atoms with E-state index in [1.165, 1.54) is 20.0 Å². The zero-order chi connectivity index (χ0) is 12.3. The van der Waals surface area contributed by atoms with Gasteiger partial charge >= 0.3 is 6.01 Å². The maximum atomic E-state index is 5.79. The normalized spacial score (nSPS) is 24.4. The molecule has 2 atom stereocenters. The van der Waals surface area contributed by atoms with Crippen LogP contribution in [0.2, 0.25) is 5.28 Å². The molecule has 1 N–H and O–H groups in total. The van der Waals surface area contributed by atoms with Gasteiger partial charge in [0.25, 0.3) is 0 Å². The van der Waals surface area contributed by atoms with Crippen molar-refractivity contribution in [1.82, 2.24) is 15.0 Å². The molecule has 0 aliphatic heterocycles. The molecule has 6 heteroatoms. The third-order valence-corrected chi connectivity index (χ3v) is 3.21.